The summed E-state index contributed by atoms with van der Waals surface area (Å²) < 4.78 is 0.985. The first-order chi connectivity index (χ1) is 7.74. The largest absolute Gasteiger partial charge is 0.348 e. The standard InChI is InChI=1S/C11H10BrN3O/c12-8-1-3-9(4-2-8)15-11(16)5-10-6-13-7-14-10/h1-4,6-7H,5H2,(H,13,14)(H,15,16). The Morgan fingerprint density at radius 2 is 2.12 bits per heavy atom. The van der Waals surface area contributed by atoms with E-state index >= 15 is 0 Å². The molecule has 1 aromatic heterocycles. The molecule has 0 aliphatic rings. The van der Waals surface area contributed by atoms with Gasteiger partial charge in [0.15, 0.2) is 0 Å². The molecule has 0 fully saturated rings. The number of aromatic nitrogens is 2. The lowest BCUT2D eigenvalue weighted by Gasteiger charge is -2.03. The Bertz CT molecular complexity index is 464. The topological polar surface area (TPSA) is 57.8 Å². The molecule has 0 bridgehead atoms. The van der Waals surface area contributed by atoms with Crippen LogP contribution in [0.1, 0.15) is 5.69 Å². The summed E-state index contributed by atoms with van der Waals surface area (Å²) in [4.78, 5) is 18.3. The number of benzene rings is 1. The number of rotatable bonds is 3. The van der Waals surface area contributed by atoms with E-state index in [0.29, 0.717) is 6.42 Å². The van der Waals surface area contributed by atoms with Gasteiger partial charge in [-0.2, -0.15) is 0 Å². The highest BCUT2D eigenvalue weighted by Gasteiger charge is 2.04. The van der Waals surface area contributed by atoms with Crippen molar-refractivity contribution in [1.29, 1.82) is 0 Å². The Morgan fingerprint density at radius 3 is 2.75 bits per heavy atom. The number of carbonyl (C=O) groups is 1. The molecule has 2 N–H and O–H groups in total. The van der Waals surface area contributed by atoms with Crippen molar-refractivity contribution in [2.45, 2.75) is 6.42 Å². The molecule has 1 heterocycles. The molecule has 1 amide bonds. The van der Waals surface area contributed by atoms with Crippen LogP contribution in [0.4, 0.5) is 5.69 Å². The smallest absolute Gasteiger partial charge is 0.230 e. The van der Waals surface area contributed by atoms with Gasteiger partial charge in [0.05, 0.1) is 12.7 Å². The van der Waals surface area contributed by atoms with Crippen molar-refractivity contribution in [3.05, 3.63) is 47.0 Å². The van der Waals surface area contributed by atoms with Crippen molar-refractivity contribution in [2.24, 2.45) is 0 Å². The third kappa shape index (κ3) is 2.93. The average molecular weight is 280 g/mol. The second-order valence-corrected chi connectivity index (χ2v) is 4.22. The van der Waals surface area contributed by atoms with Crippen LogP contribution in [-0.2, 0) is 11.2 Å². The molecule has 16 heavy (non-hydrogen) atoms. The zero-order valence-corrected chi connectivity index (χ0v) is 9.99. The first-order valence-corrected chi connectivity index (χ1v) is 5.56. The number of hydrogen-bond acceptors (Lipinski definition) is 2. The first kappa shape index (κ1) is 10.9. The number of nitrogens with zero attached hydrogens (tertiary/aromatic N) is 1. The molecule has 4 nitrogen and oxygen atoms in total. The fourth-order valence-electron chi connectivity index (χ4n) is 1.29. The van der Waals surface area contributed by atoms with Crippen LogP contribution in [-0.4, -0.2) is 15.9 Å². The Labute approximate surface area is 101 Å². The molecular weight excluding hydrogens is 270 g/mol. The lowest BCUT2D eigenvalue weighted by Crippen LogP contribution is -2.14. The number of imidazole rings is 1. The summed E-state index contributed by atoms with van der Waals surface area (Å²) >= 11 is 3.33. The van der Waals surface area contributed by atoms with Gasteiger partial charge < -0.3 is 10.3 Å². The third-order valence-electron chi connectivity index (χ3n) is 2.03. The predicted octanol–water partition coefficient (Wildman–Crippen LogP) is 2.35. The van der Waals surface area contributed by atoms with Gasteiger partial charge in [-0.25, -0.2) is 4.98 Å². The van der Waals surface area contributed by atoms with Gasteiger partial charge in [-0.3, -0.25) is 4.79 Å². The Hall–Kier alpha value is -1.62. The zero-order chi connectivity index (χ0) is 11.4. The minimum absolute atomic E-state index is 0.0634. The summed E-state index contributed by atoms with van der Waals surface area (Å²) in [6.45, 7) is 0. The van der Waals surface area contributed by atoms with Gasteiger partial charge in [0.2, 0.25) is 5.91 Å². The van der Waals surface area contributed by atoms with Crippen molar-refractivity contribution < 1.29 is 4.79 Å². The summed E-state index contributed by atoms with van der Waals surface area (Å²) in [6.07, 6.45) is 3.50. The van der Waals surface area contributed by atoms with E-state index in [4.69, 9.17) is 0 Å². The van der Waals surface area contributed by atoms with Crippen molar-refractivity contribution in [2.75, 3.05) is 5.32 Å². The highest BCUT2D eigenvalue weighted by molar-refractivity contribution is 9.10. The van der Waals surface area contributed by atoms with Crippen LogP contribution in [0.3, 0.4) is 0 Å². The molecule has 0 spiro atoms. The van der Waals surface area contributed by atoms with E-state index in [0.717, 1.165) is 15.9 Å². The number of H-pyrrole nitrogens is 1. The molecule has 0 unspecified atom stereocenters. The summed E-state index contributed by atoms with van der Waals surface area (Å²) in [5.74, 6) is -0.0634. The van der Waals surface area contributed by atoms with Crippen molar-refractivity contribution in [3.8, 4) is 0 Å². The normalized spacial score (nSPS) is 10.1. The van der Waals surface area contributed by atoms with Crippen molar-refractivity contribution in [3.63, 3.8) is 0 Å². The molecule has 0 aliphatic heterocycles. The molecule has 5 heteroatoms. The second kappa shape index (κ2) is 4.94. The fourth-order valence-corrected chi connectivity index (χ4v) is 1.56. The SMILES string of the molecule is O=C(Cc1cnc[nH]1)Nc1ccc(Br)cc1. The van der Waals surface area contributed by atoms with E-state index in [2.05, 4.69) is 31.2 Å². The van der Waals surface area contributed by atoms with E-state index in [1.54, 1.807) is 12.5 Å². The molecule has 82 valence electrons. The molecule has 1 aromatic carbocycles. The van der Waals surface area contributed by atoms with E-state index in [1.807, 2.05) is 24.3 Å². The molecule has 0 saturated heterocycles. The minimum atomic E-state index is -0.0634. The number of anilines is 1. The highest BCUT2D eigenvalue weighted by Crippen LogP contribution is 2.14. The average Bonchev–Trinajstić information content (AvgIpc) is 2.74. The summed E-state index contributed by atoms with van der Waals surface area (Å²) in [5, 5.41) is 2.80. The molecular formula is C11H10BrN3O. The fraction of sp³-hybridized carbons (Fsp3) is 0.0909. The minimum Gasteiger partial charge on any atom is -0.348 e. The van der Waals surface area contributed by atoms with Gasteiger partial charge in [0.25, 0.3) is 0 Å². The van der Waals surface area contributed by atoms with E-state index in [9.17, 15) is 4.79 Å². The monoisotopic (exact) mass is 279 g/mol. The maximum absolute atomic E-state index is 11.6. The number of halogens is 1. The van der Waals surface area contributed by atoms with Crippen LogP contribution in [0, 0.1) is 0 Å². The van der Waals surface area contributed by atoms with Gasteiger partial charge in [-0.1, -0.05) is 15.9 Å². The van der Waals surface area contributed by atoms with E-state index in [1.165, 1.54) is 0 Å². The first-order valence-electron chi connectivity index (χ1n) is 4.77. The number of amides is 1. The zero-order valence-electron chi connectivity index (χ0n) is 8.40. The Balaban J connectivity index is 1.95. The predicted molar refractivity (Wildman–Crippen MR) is 65.1 cm³/mol. The second-order valence-electron chi connectivity index (χ2n) is 3.31. The van der Waals surface area contributed by atoms with Gasteiger partial charge >= 0.3 is 0 Å². The number of hydrogen-bond donors (Lipinski definition) is 2. The summed E-state index contributed by atoms with van der Waals surface area (Å²) in [5.41, 5.74) is 1.59. The maximum atomic E-state index is 11.6. The highest BCUT2D eigenvalue weighted by atomic mass is 79.9. The van der Waals surface area contributed by atoms with Crippen LogP contribution in [0.5, 0.6) is 0 Å². The van der Waals surface area contributed by atoms with Crippen LogP contribution in [0.2, 0.25) is 0 Å². The van der Waals surface area contributed by atoms with Crippen molar-refractivity contribution in [1.82, 2.24) is 9.97 Å². The molecule has 0 atom stereocenters. The summed E-state index contributed by atoms with van der Waals surface area (Å²) in [7, 11) is 0. The van der Waals surface area contributed by atoms with Crippen LogP contribution in [0.25, 0.3) is 0 Å². The van der Waals surface area contributed by atoms with E-state index < -0.39 is 0 Å². The van der Waals surface area contributed by atoms with Crippen molar-refractivity contribution >= 4 is 27.5 Å². The Morgan fingerprint density at radius 1 is 1.38 bits per heavy atom. The Kier molecular flexibility index (Phi) is 3.36. The van der Waals surface area contributed by atoms with E-state index in [-0.39, 0.29) is 5.91 Å². The molecule has 0 aliphatic carbocycles. The lowest BCUT2D eigenvalue weighted by molar-refractivity contribution is -0.115. The third-order valence-corrected chi connectivity index (χ3v) is 2.56. The summed E-state index contributed by atoms with van der Waals surface area (Å²) in [6, 6.07) is 7.45. The van der Waals surface area contributed by atoms with Gasteiger partial charge in [0, 0.05) is 22.1 Å². The molecule has 2 rings (SSSR count). The number of aromatic amines is 1. The quantitative estimate of drug-likeness (QED) is 0.906. The lowest BCUT2D eigenvalue weighted by atomic mass is 10.3. The number of carbonyl (C=O) groups excluding carboxylic acids is 1. The van der Waals surface area contributed by atoms with Crippen LogP contribution in [0.15, 0.2) is 41.3 Å². The molecule has 0 saturated carbocycles. The van der Waals surface area contributed by atoms with Gasteiger partial charge in [-0.05, 0) is 24.3 Å². The van der Waals surface area contributed by atoms with Crippen LogP contribution >= 0.6 is 15.9 Å². The van der Waals surface area contributed by atoms with Gasteiger partial charge in [-0.15, -0.1) is 0 Å². The van der Waals surface area contributed by atoms with Gasteiger partial charge in [0.1, 0.15) is 0 Å². The number of nitrogens with one attached hydrogen (secondary N) is 2. The van der Waals surface area contributed by atoms with Crippen LogP contribution < -0.4 is 5.32 Å². The molecule has 0 radical (unpaired) electrons. The maximum Gasteiger partial charge on any atom is 0.230 e. The molecule has 2 aromatic rings.